The molecule has 8 heteroatoms. The monoisotopic (exact) mass is 356 g/mol. The summed E-state index contributed by atoms with van der Waals surface area (Å²) in [4.78, 5) is 6.54. The molecule has 0 saturated carbocycles. The predicted octanol–water partition coefficient (Wildman–Crippen LogP) is 1.37. The van der Waals surface area contributed by atoms with Gasteiger partial charge in [-0.1, -0.05) is 13.8 Å². The summed E-state index contributed by atoms with van der Waals surface area (Å²) in [5.41, 5.74) is 0.906. The molecular formula is C16H28N4O3S. The third-order valence-electron chi connectivity index (χ3n) is 3.89. The minimum absolute atomic E-state index is 0.270. The lowest BCUT2D eigenvalue weighted by Gasteiger charge is -2.28. The number of hydrogen-bond acceptors (Lipinski definition) is 5. The molecule has 7 nitrogen and oxygen atoms in total. The molecule has 1 aromatic heterocycles. The number of nitrogens with one attached hydrogen (secondary N) is 1. The van der Waals surface area contributed by atoms with E-state index in [-0.39, 0.29) is 6.54 Å². The van der Waals surface area contributed by atoms with Gasteiger partial charge in [0, 0.05) is 38.9 Å². The van der Waals surface area contributed by atoms with Crippen molar-refractivity contribution >= 4 is 16.0 Å². The van der Waals surface area contributed by atoms with Gasteiger partial charge in [-0.15, -0.1) is 0 Å². The van der Waals surface area contributed by atoms with E-state index in [1.807, 2.05) is 26.0 Å². The van der Waals surface area contributed by atoms with Crippen LogP contribution in [0.5, 0.6) is 0 Å². The molecule has 0 atom stereocenters. The Morgan fingerprint density at radius 1 is 1.25 bits per heavy atom. The van der Waals surface area contributed by atoms with Crippen LogP contribution in [0.25, 0.3) is 0 Å². The van der Waals surface area contributed by atoms with Gasteiger partial charge in [0.2, 0.25) is 0 Å². The molecule has 2 heterocycles. The van der Waals surface area contributed by atoms with Crippen molar-refractivity contribution in [2.45, 2.75) is 33.2 Å². The lowest BCUT2D eigenvalue weighted by molar-refractivity contribution is 0.122. The maximum Gasteiger partial charge on any atom is 0.279 e. The highest BCUT2D eigenvalue weighted by atomic mass is 32.2. The Morgan fingerprint density at radius 2 is 1.92 bits per heavy atom. The van der Waals surface area contributed by atoms with E-state index in [0.29, 0.717) is 26.3 Å². The first-order chi connectivity index (χ1) is 11.6. The lowest BCUT2D eigenvalue weighted by Crippen LogP contribution is -2.41. The van der Waals surface area contributed by atoms with E-state index in [1.54, 1.807) is 6.20 Å². The fourth-order valence-electron chi connectivity index (χ4n) is 2.65. The van der Waals surface area contributed by atoms with Gasteiger partial charge in [0.05, 0.1) is 13.2 Å². The normalized spacial score (nSPS) is 15.9. The van der Waals surface area contributed by atoms with Gasteiger partial charge >= 0.3 is 0 Å². The lowest BCUT2D eigenvalue weighted by atomic mass is 10.2. The number of hydrogen-bond donors (Lipinski definition) is 1. The van der Waals surface area contributed by atoms with Crippen molar-refractivity contribution in [3.63, 3.8) is 0 Å². The summed E-state index contributed by atoms with van der Waals surface area (Å²) >= 11 is 0. The average molecular weight is 356 g/mol. The number of aromatic nitrogens is 1. The molecule has 0 amide bonds. The zero-order valence-corrected chi connectivity index (χ0v) is 15.4. The molecule has 0 spiro atoms. The molecule has 1 saturated heterocycles. The highest BCUT2D eigenvalue weighted by Gasteiger charge is 2.20. The first-order valence-electron chi connectivity index (χ1n) is 8.59. The highest BCUT2D eigenvalue weighted by molar-refractivity contribution is 7.87. The molecule has 1 aromatic rings. The van der Waals surface area contributed by atoms with Gasteiger partial charge in [0.25, 0.3) is 10.2 Å². The minimum Gasteiger partial charge on any atom is -0.378 e. The first-order valence-corrected chi connectivity index (χ1v) is 10.0. The Hall–Kier alpha value is -1.22. The van der Waals surface area contributed by atoms with Crippen LogP contribution in [0.3, 0.4) is 0 Å². The third kappa shape index (κ3) is 5.41. The van der Waals surface area contributed by atoms with Crippen LogP contribution in [0.2, 0.25) is 0 Å². The van der Waals surface area contributed by atoms with Gasteiger partial charge in [-0.05, 0) is 30.5 Å². The SMILES string of the molecule is CCCN(CCC)S(=O)(=O)NCc1ccnc(N2CCOCC2)c1. The van der Waals surface area contributed by atoms with Crippen molar-refractivity contribution in [2.24, 2.45) is 0 Å². The number of morpholine rings is 1. The maximum absolute atomic E-state index is 12.4. The molecule has 0 unspecified atom stereocenters. The molecule has 2 rings (SSSR count). The van der Waals surface area contributed by atoms with Crippen LogP contribution in [0, 0.1) is 0 Å². The van der Waals surface area contributed by atoms with Crippen LogP contribution in [0.1, 0.15) is 32.3 Å². The van der Waals surface area contributed by atoms with Crippen LogP contribution in [0.4, 0.5) is 5.82 Å². The standard InChI is InChI=1S/C16H28N4O3S/c1-3-7-20(8-4-2)24(21,22)18-14-15-5-6-17-16(13-15)19-9-11-23-12-10-19/h5-6,13,18H,3-4,7-12,14H2,1-2H3. The summed E-state index contributed by atoms with van der Waals surface area (Å²) in [5.74, 6) is 0.869. The predicted molar refractivity (Wildman–Crippen MR) is 95.2 cm³/mol. The number of anilines is 1. The van der Waals surface area contributed by atoms with Crippen molar-refractivity contribution in [2.75, 3.05) is 44.3 Å². The number of ether oxygens (including phenoxy) is 1. The molecule has 0 radical (unpaired) electrons. The topological polar surface area (TPSA) is 74.8 Å². The maximum atomic E-state index is 12.4. The summed E-state index contributed by atoms with van der Waals surface area (Å²) in [7, 11) is -3.45. The molecule has 24 heavy (non-hydrogen) atoms. The van der Waals surface area contributed by atoms with Gasteiger partial charge in [0.15, 0.2) is 0 Å². The van der Waals surface area contributed by atoms with Crippen LogP contribution in [-0.4, -0.2) is 57.1 Å². The molecule has 0 bridgehead atoms. The van der Waals surface area contributed by atoms with Crippen LogP contribution in [0.15, 0.2) is 18.3 Å². The van der Waals surface area contributed by atoms with Crippen LogP contribution in [-0.2, 0) is 21.5 Å². The van der Waals surface area contributed by atoms with Crippen molar-refractivity contribution < 1.29 is 13.2 Å². The summed E-state index contributed by atoms with van der Waals surface area (Å²) in [5, 5.41) is 0. The Labute approximate surface area is 145 Å². The summed E-state index contributed by atoms with van der Waals surface area (Å²) in [6, 6.07) is 3.79. The average Bonchev–Trinajstić information content (AvgIpc) is 2.61. The quantitative estimate of drug-likeness (QED) is 0.723. The second-order valence-corrected chi connectivity index (χ2v) is 7.60. The number of pyridine rings is 1. The Bertz CT molecular complexity index is 597. The van der Waals surface area contributed by atoms with Gasteiger partial charge in [0.1, 0.15) is 5.82 Å². The first kappa shape index (κ1) is 19.1. The van der Waals surface area contributed by atoms with E-state index in [4.69, 9.17) is 4.74 Å². The minimum atomic E-state index is -3.45. The molecule has 1 fully saturated rings. The summed E-state index contributed by atoms with van der Waals surface area (Å²) in [6.45, 7) is 8.32. The van der Waals surface area contributed by atoms with E-state index in [1.165, 1.54) is 4.31 Å². The number of nitrogens with zero attached hydrogens (tertiary/aromatic N) is 3. The second kappa shape index (κ2) is 9.31. The van der Waals surface area contributed by atoms with Crippen LogP contribution < -0.4 is 9.62 Å². The van der Waals surface area contributed by atoms with Crippen molar-refractivity contribution in [1.29, 1.82) is 0 Å². The van der Waals surface area contributed by atoms with Crippen LogP contribution >= 0.6 is 0 Å². The third-order valence-corrected chi connectivity index (χ3v) is 5.44. The molecule has 1 aliphatic rings. The van der Waals surface area contributed by atoms with Crippen molar-refractivity contribution in [1.82, 2.24) is 14.0 Å². The molecule has 1 aliphatic heterocycles. The largest absolute Gasteiger partial charge is 0.378 e. The summed E-state index contributed by atoms with van der Waals surface area (Å²) < 4.78 is 34.4. The van der Waals surface area contributed by atoms with E-state index in [2.05, 4.69) is 14.6 Å². The smallest absolute Gasteiger partial charge is 0.279 e. The van der Waals surface area contributed by atoms with E-state index in [9.17, 15) is 8.42 Å². The molecular weight excluding hydrogens is 328 g/mol. The van der Waals surface area contributed by atoms with Gasteiger partial charge in [-0.3, -0.25) is 0 Å². The highest BCUT2D eigenvalue weighted by Crippen LogP contribution is 2.14. The summed E-state index contributed by atoms with van der Waals surface area (Å²) in [6.07, 6.45) is 3.33. The fourth-order valence-corrected chi connectivity index (χ4v) is 4.03. The molecule has 136 valence electrons. The van der Waals surface area contributed by atoms with E-state index >= 15 is 0 Å². The Kier molecular flexibility index (Phi) is 7.41. The second-order valence-electron chi connectivity index (χ2n) is 5.85. The van der Waals surface area contributed by atoms with Gasteiger partial charge in [-0.25, -0.2) is 4.98 Å². The van der Waals surface area contributed by atoms with Gasteiger partial charge in [-0.2, -0.15) is 17.4 Å². The van der Waals surface area contributed by atoms with Crippen molar-refractivity contribution in [3.8, 4) is 0 Å². The molecule has 0 aliphatic carbocycles. The van der Waals surface area contributed by atoms with E-state index in [0.717, 1.165) is 37.3 Å². The number of rotatable bonds is 9. The van der Waals surface area contributed by atoms with E-state index < -0.39 is 10.2 Å². The zero-order valence-electron chi connectivity index (χ0n) is 14.6. The molecule has 0 aromatic carbocycles. The van der Waals surface area contributed by atoms with Crippen molar-refractivity contribution in [3.05, 3.63) is 23.9 Å². The fraction of sp³-hybridized carbons (Fsp3) is 0.688. The van der Waals surface area contributed by atoms with Gasteiger partial charge < -0.3 is 9.64 Å². The molecule has 1 N–H and O–H groups in total. The zero-order chi connectivity index (χ0) is 17.4. The Morgan fingerprint density at radius 3 is 2.54 bits per heavy atom. The Balaban J connectivity index is 2.00.